The van der Waals surface area contributed by atoms with E-state index in [4.69, 9.17) is 10.5 Å². The second-order valence-corrected chi connectivity index (χ2v) is 5.10. The molecule has 22 heavy (non-hydrogen) atoms. The molecule has 118 valence electrons. The maximum absolute atomic E-state index is 11.6. The molecule has 2 amide bonds. The number of hydrogen-bond acceptors (Lipinski definition) is 3. The summed E-state index contributed by atoms with van der Waals surface area (Å²) in [7, 11) is 1.59. The van der Waals surface area contributed by atoms with E-state index in [0.717, 1.165) is 22.9 Å². The normalized spacial score (nSPS) is 10.6. The molecule has 2 rings (SSSR count). The number of hydrogen-bond donors (Lipinski definition) is 3. The summed E-state index contributed by atoms with van der Waals surface area (Å²) in [5.41, 5.74) is 7.45. The van der Waals surface area contributed by atoms with Crippen LogP contribution in [0.5, 0.6) is 5.75 Å². The van der Waals surface area contributed by atoms with Crippen LogP contribution in [0, 0.1) is 0 Å². The van der Waals surface area contributed by atoms with Crippen molar-refractivity contribution in [1.82, 2.24) is 10.3 Å². The number of ether oxygens (including phenoxy) is 1. The molecule has 0 unspecified atom stereocenters. The lowest BCUT2D eigenvalue weighted by Crippen LogP contribution is -2.25. The summed E-state index contributed by atoms with van der Waals surface area (Å²) in [4.78, 5) is 26.2. The predicted molar refractivity (Wildman–Crippen MR) is 85.0 cm³/mol. The minimum absolute atomic E-state index is 0.0144. The molecule has 2 aromatic rings. The third-order valence-corrected chi connectivity index (χ3v) is 3.53. The van der Waals surface area contributed by atoms with Gasteiger partial charge >= 0.3 is 0 Å². The molecule has 0 radical (unpaired) electrons. The number of H-pyrrole nitrogens is 1. The first kappa shape index (κ1) is 15.9. The summed E-state index contributed by atoms with van der Waals surface area (Å²) >= 11 is 0. The number of amides is 2. The summed E-state index contributed by atoms with van der Waals surface area (Å²) in [5.74, 6) is 0.212. The van der Waals surface area contributed by atoms with Crippen LogP contribution in [0.4, 0.5) is 0 Å². The summed E-state index contributed by atoms with van der Waals surface area (Å²) in [6, 6.07) is 5.53. The molecule has 0 aliphatic heterocycles. The highest BCUT2D eigenvalue weighted by molar-refractivity contribution is 6.00. The topological polar surface area (TPSA) is 97.2 Å². The summed E-state index contributed by atoms with van der Waals surface area (Å²) in [6.07, 6.45) is 1.84. The lowest BCUT2D eigenvalue weighted by Gasteiger charge is -2.06. The van der Waals surface area contributed by atoms with Crippen LogP contribution in [-0.4, -0.2) is 30.5 Å². The maximum Gasteiger partial charge on any atom is 0.265 e. The first-order chi connectivity index (χ1) is 10.6. The fourth-order valence-corrected chi connectivity index (χ4v) is 2.47. The van der Waals surface area contributed by atoms with Gasteiger partial charge in [-0.1, -0.05) is 6.92 Å². The van der Waals surface area contributed by atoms with E-state index in [2.05, 4.69) is 10.3 Å². The Hall–Kier alpha value is -2.50. The Balaban J connectivity index is 2.26. The lowest BCUT2D eigenvalue weighted by atomic mass is 10.1. The molecule has 0 saturated heterocycles. The van der Waals surface area contributed by atoms with Gasteiger partial charge in [0.25, 0.3) is 5.91 Å². The van der Waals surface area contributed by atoms with E-state index >= 15 is 0 Å². The minimum Gasteiger partial charge on any atom is -0.497 e. The maximum atomic E-state index is 11.6. The van der Waals surface area contributed by atoms with Crippen molar-refractivity contribution in [3.8, 4) is 5.75 Å². The Morgan fingerprint density at radius 1 is 1.36 bits per heavy atom. The van der Waals surface area contributed by atoms with E-state index in [1.165, 1.54) is 0 Å². The second kappa shape index (κ2) is 6.98. The average molecular weight is 303 g/mol. The number of rotatable bonds is 7. The highest BCUT2D eigenvalue weighted by Gasteiger charge is 2.16. The van der Waals surface area contributed by atoms with E-state index in [1.807, 2.05) is 25.1 Å². The zero-order valence-electron chi connectivity index (χ0n) is 12.9. The average Bonchev–Trinajstić information content (AvgIpc) is 2.86. The van der Waals surface area contributed by atoms with Crippen molar-refractivity contribution in [2.45, 2.75) is 26.2 Å². The Bertz CT molecular complexity index is 691. The standard InChI is InChI=1S/C16H21N3O3/c1-3-4-14(20)18-8-7-11-12-9-10(22-2)5-6-13(12)19-15(11)16(17)21/h5-6,9,19H,3-4,7-8H2,1-2H3,(H2,17,21)(H,18,20). The molecule has 1 aromatic carbocycles. The Morgan fingerprint density at radius 2 is 2.14 bits per heavy atom. The molecule has 0 aliphatic rings. The van der Waals surface area contributed by atoms with Gasteiger partial charge in [0.05, 0.1) is 7.11 Å². The number of benzene rings is 1. The molecule has 6 nitrogen and oxygen atoms in total. The Morgan fingerprint density at radius 3 is 2.77 bits per heavy atom. The summed E-state index contributed by atoms with van der Waals surface area (Å²) in [5, 5.41) is 3.73. The fraction of sp³-hybridized carbons (Fsp3) is 0.375. The molecule has 0 bridgehead atoms. The Labute approximate surface area is 129 Å². The van der Waals surface area contributed by atoms with E-state index in [0.29, 0.717) is 30.8 Å². The van der Waals surface area contributed by atoms with Gasteiger partial charge in [-0.25, -0.2) is 0 Å². The van der Waals surface area contributed by atoms with Crippen LogP contribution in [-0.2, 0) is 11.2 Å². The van der Waals surface area contributed by atoms with E-state index < -0.39 is 5.91 Å². The number of carbonyl (C=O) groups excluding carboxylic acids is 2. The smallest absolute Gasteiger partial charge is 0.265 e. The number of carbonyl (C=O) groups is 2. The fourth-order valence-electron chi connectivity index (χ4n) is 2.47. The highest BCUT2D eigenvalue weighted by Crippen LogP contribution is 2.26. The zero-order valence-corrected chi connectivity index (χ0v) is 12.9. The number of aromatic amines is 1. The van der Waals surface area contributed by atoms with Gasteiger partial charge in [0, 0.05) is 23.9 Å². The lowest BCUT2D eigenvalue weighted by molar-refractivity contribution is -0.121. The van der Waals surface area contributed by atoms with Gasteiger partial charge in [-0.15, -0.1) is 0 Å². The van der Waals surface area contributed by atoms with E-state index in [-0.39, 0.29) is 5.91 Å². The van der Waals surface area contributed by atoms with Crippen molar-refractivity contribution >= 4 is 22.7 Å². The molecule has 0 spiro atoms. The third-order valence-electron chi connectivity index (χ3n) is 3.53. The van der Waals surface area contributed by atoms with Crippen molar-refractivity contribution in [2.24, 2.45) is 5.73 Å². The van der Waals surface area contributed by atoms with Gasteiger partial charge in [-0.2, -0.15) is 0 Å². The number of fused-ring (bicyclic) bond motifs is 1. The van der Waals surface area contributed by atoms with Gasteiger partial charge in [-0.05, 0) is 36.6 Å². The second-order valence-electron chi connectivity index (χ2n) is 5.10. The number of methoxy groups -OCH3 is 1. The van der Waals surface area contributed by atoms with E-state index in [1.54, 1.807) is 7.11 Å². The van der Waals surface area contributed by atoms with Gasteiger partial charge in [0.15, 0.2) is 0 Å². The van der Waals surface area contributed by atoms with Gasteiger partial charge < -0.3 is 20.8 Å². The SMILES string of the molecule is CCCC(=O)NCCc1c(C(N)=O)[nH]c2ccc(OC)cc12. The first-order valence-corrected chi connectivity index (χ1v) is 7.32. The van der Waals surface area contributed by atoms with Gasteiger partial charge in [0.2, 0.25) is 5.91 Å². The van der Waals surface area contributed by atoms with Gasteiger partial charge in [-0.3, -0.25) is 9.59 Å². The molecule has 6 heteroatoms. The molecule has 1 aromatic heterocycles. The molecular weight excluding hydrogens is 282 g/mol. The largest absolute Gasteiger partial charge is 0.497 e. The third kappa shape index (κ3) is 3.39. The molecule has 0 fully saturated rings. The van der Waals surface area contributed by atoms with Crippen molar-refractivity contribution < 1.29 is 14.3 Å². The van der Waals surface area contributed by atoms with Crippen molar-refractivity contribution in [3.63, 3.8) is 0 Å². The van der Waals surface area contributed by atoms with Crippen LogP contribution in [0.25, 0.3) is 10.9 Å². The quantitative estimate of drug-likeness (QED) is 0.726. The first-order valence-electron chi connectivity index (χ1n) is 7.32. The van der Waals surface area contributed by atoms with Crippen LogP contribution in [0.3, 0.4) is 0 Å². The number of primary amides is 1. The van der Waals surface area contributed by atoms with E-state index in [9.17, 15) is 9.59 Å². The molecule has 0 atom stereocenters. The Kier molecular flexibility index (Phi) is 5.04. The van der Waals surface area contributed by atoms with Crippen LogP contribution in [0.1, 0.15) is 35.8 Å². The number of aromatic nitrogens is 1. The molecule has 0 aliphatic carbocycles. The summed E-state index contributed by atoms with van der Waals surface area (Å²) < 4.78 is 5.22. The highest BCUT2D eigenvalue weighted by atomic mass is 16.5. The van der Waals surface area contributed by atoms with Crippen LogP contribution in [0.2, 0.25) is 0 Å². The number of nitrogens with two attached hydrogens (primary N) is 1. The summed E-state index contributed by atoms with van der Waals surface area (Å²) in [6.45, 7) is 2.42. The van der Waals surface area contributed by atoms with Crippen molar-refractivity contribution in [3.05, 3.63) is 29.5 Å². The van der Waals surface area contributed by atoms with Crippen LogP contribution in [0.15, 0.2) is 18.2 Å². The predicted octanol–water partition coefficient (Wildman–Crippen LogP) is 1.73. The molecule has 4 N–H and O–H groups in total. The number of nitrogens with one attached hydrogen (secondary N) is 2. The molecular formula is C16H21N3O3. The minimum atomic E-state index is -0.509. The van der Waals surface area contributed by atoms with Crippen LogP contribution >= 0.6 is 0 Å². The van der Waals surface area contributed by atoms with Crippen molar-refractivity contribution in [2.75, 3.05) is 13.7 Å². The zero-order chi connectivity index (χ0) is 16.1. The molecule has 1 heterocycles. The monoisotopic (exact) mass is 303 g/mol. The van der Waals surface area contributed by atoms with Crippen LogP contribution < -0.4 is 15.8 Å². The van der Waals surface area contributed by atoms with Crippen molar-refractivity contribution in [1.29, 1.82) is 0 Å². The molecule has 0 saturated carbocycles. The van der Waals surface area contributed by atoms with Gasteiger partial charge in [0.1, 0.15) is 11.4 Å².